The smallest absolute Gasteiger partial charge is 0.132 e. The highest BCUT2D eigenvalue weighted by Crippen LogP contribution is 2.28. The van der Waals surface area contributed by atoms with Crippen molar-refractivity contribution in [2.75, 3.05) is 6.54 Å². The maximum Gasteiger partial charge on any atom is 0.132 e. The number of hydrogen-bond acceptors (Lipinski definition) is 5. The molecule has 1 saturated heterocycles. The number of furan rings is 1. The molecule has 0 saturated carbocycles. The average Bonchev–Trinajstić information content (AvgIpc) is 3.14. The molecule has 1 N–H and O–H groups in total. The van der Waals surface area contributed by atoms with Crippen LogP contribution in [0.1, 0.15) is 49.0 Å². The van der Waals surface area contributed by atoms with Crippen LogP contribution in [0.15, 0.2) is 34.4 Å². The molecule has 1 aliphatic rings. The van der Waals surface area contributed by atoms with Crippen LogP contribution in [0.2, 0.25) is 0 Å². The Bertz CT molecular complexity index is 512. The van der Waals surface area contributed by atoms with E-state index < -0.39 is 6.10 Å². The van der Waals surface area contributed by atoms with E-state index in [0.29, 0.717) is 11.8 Å². The topological polar surface area (TPSA) is 49.5 Å². The molecule has 114 valence electrons. The van der Waals surface area contributed by atoms with Crippen LogP contribution in [0.25, 0.3) is 0 Å². The van der Waals surface area contributed by atoms with Crippen molar-refractivity contribution >= 4 is 11.3 Å². The van der Waals surface area contributed by atoms with E-state index in [-0.39, 0.29) is 0 Å². The molecule has 0 aliphatic carbocycles. The minimum absolute atomic E-state index is 0.400. The predicted molar refractivity (Wildman–Crippen MR) is 83.1 cm³/mol. The van der Waals surface area contributed by atoms with E-state index in [4.69, 9.17) is 4.42 Å². The third-order valence-electron chi connectivity index (χ3n) is 4.19. The first-order valence-corrected chi connectivity index (χ1v) is 8.55. The van der Waals surface area contributed by atoms with Crippen LogP contribution in [0, 0.1) is 0 Å². The lowest BCUT2D eigenvalue weighted by molar-refractivity contribution is 0.0830. The van der Waals surface area contributed by atoms with Crippen LogP contribution in [0.4, 0.5) is 0 Å². The van der Waals surface area contributed by atoms with Crippen LogP contribution in [0.3, 0.4) is 0 Å². The van der Waals surface area contributed by atoms with Crippen molar-refractivity contribution in [2.45, 2.75) is 50.8 Å². The Kier molecular flexibility index (Phi) is 5.06. The predicted octanol–water partition coefficient (Wildman–Crippen LogP) is 3.60. The summed E-state index contributed by atoms with van der Waals surface area (Å²) in [6.45, 7) is 1.99. The molecule has 0 bridgehead atoms. The summed E-state index contributed by atoms with van der Waals surface area (Å²) in [6, 6.07) is 4.09. The fourth-order valence-electron chi connectivity index (χ4n) is 3.07. The van der Waals surface area contributed by atoms with Gasteiger partial charge in [0.05, 0.1) is 12.8 Å². The van der Waals surface area contributed by atoms with Gasteiger partial charge in [0, 0.05) is 17.6 Å². The molecule has 2 atom stereocenters. The lowest BCUT2D eigenvalue weighted by Gasteiger charge is -2.30. The molecule has 3 heterocycles. The molecule has 2 aromatic heterocycles. The van der Waals surface area contributed by atoms with Crippen molar-refractivity contribution in [3.8, 4) is 0 Å². The lowest BCUT2D eigenvalue weighted by atomic mass is 10.0. The largest absolute Gasteiger partial charge is 0.467 e. The SMILES string of the molecule is OC(CC1CCCCCN1Cc1nccs1)c1ccco1. The van der Waals surface area contributed by atoms with Crippen LogP contribution in [0.5, 0.6) is 0 Å². The second kappa shape index (κ2) is 7.20. The zero-order valence-corrected chi connectivity index (χ0v) is 13.0. The molecule has 21 heavy (non-hydrogen) atoms. The molecular weight excluding hydrogens is 284 g/mol. The maximum atomic E-state index is 10.4. The summed E-state index contributed by atoms with van der Waals surface area (Å²) in [5.74, 6) is 0.674. The van der Waals surface area contributed by atoms with Gasteiger partial charge in [0.2, 0.25) is 0 Å². The number of thiazole rings is 1. The zero-order chi connectivity index (χ0) is 14.5. The van der Waals surface area contributed by atoms with E-state index in [0.717, 1.165) is 30.9 Å². The first-order chi connectivity index (χ1) is 10.3. The van der Waals surface area contributed by atoms with Gasteiger partial charge in [0.25, 0.3) is 0 Å². The third-order valence-corrected chi connectivity index (χ3v) is 4.95. The van der Waals surface area contributed by atoms with Crippen molar-refractivity contribution in [3.63, 3.8) is 0 Å². The molecule has 1 fully saturated rings. The fraction of sp³-hybridized carbons (Fsp3) is 0.562. The molecule has 0 radical (unpaired) electrons. The van der Waals surface area contributed by atoms with Crippen molar-refractivity contribution in [1.82, 2.24) is 9.88 Å². The van der Waals surface area contributed by atoms with Crippen LogP contribution in [-0.2, 0) is 6.54 Å². The van der Waals surface area contributed by atoms with Gasteiger partial charge in [-0.3, -0.25) is 4.90 Å². The number of aliphatic hydroxyl groups is 1. The van der Waals surface area contributed by atoms with Crippen LogP contribution < -0.4 is 0 Å². The summed E-state index contributed by atoms with van der Waals surface area (Å²) >= 11 is 1.71. The molecule has 0 aromatic carbocycles. The standard InChI is InChI=1S/C16H22N2O2S/c19-14(15-6-4-9-20-15)11-13-5-2-1-3-8-18(13)12-16-17-7-10-21-16/h4,6-7,9-10,13-14,19H,1-3,5,8,11-12H2. The Hall–Kier alpha value is -1.17. The summed E-state index contributed by atoms with van der Waals surface area (Å²) < 4.78 is 5.33. The number of nitrogens with zero attached hydrogens (tertiary/aromatic N) is 2. The average molecular weight is 306 g/mol. The number of rotatable bonds is 5. The lowest BCUT2D eigenvalue weighted by Crippen LogP contribution is -2.35. The quantitative estimate of drug-likeness (QED) is 0.917. The number of likely N-dealkylation sites (tertiary alicyclic amines) is 1. The Morgan fingerprint density at radius 1 is 1.43 bits per heavy atom. The highest BCUT2D eigenvalue weighted by molar-refractivity contribution is 7.09. The second-order valence-corrected chi connectivity index (χ2v) is 6.65. The summed E-state index contributed by atoms with van der Waals surface area (Å²) in [4.78, 5) is 6.88. The van der Waals surface area contributed by atoms with Gasteiger partial charge in [0.15, 0.2) is 0 Å². The van der Waals surface area contributed by atoms with E-state index in [1.807, 2.05) is 23.7 Å². The van der Waals surface area contributed by atoms with Crippen molar-refractivity contribution < 1.29 is 9.52 Å². The first kappa shape index (κ1) is 14.8. The Morgan fingerprint density at radius 2 is 2.38 bits per heavy atom. The van der Waals surface area contributed by atoms with E-state index in [1.54, 1.807) is 17.6 Å². The Labute approximate surface area is 129 Å². The molecule has 0 spiro atoms. The van der Waals surface area contributed by atoms with Gasteiger partial charge in [-0.2, -0.15) is 0 Å². The molecule has 4 nitrogen and oxygen atoms in total. The Morgan fingerprint density at radius 3 is 3.14 bits per heavy atom. The highest BCUT2D eigenvalue weighted by atomic mass is 32.1. The maximum absolute atomic E-state index is 10.4. The van der Waals surface area contributed by atoms with Gasteiger partial charge in [0.1, 0.15) is 16.9 Å². The second-order valence-electron chi connectivity index (χ2n) is 5.67. The monoisotopic (exact) mass is 306 g/mol. The van der Waals surface area contributed by atoms with Crippen molar-refractivity contribution in [2.24, 2.45) is 0 Å². The van der Waals surface area contributed by atoms with Crippen molar-refractivity contribution in [3.05, 3.63) is 40.7 Å². The number of aliphatic hydroxyl groups excluding tert-OH is 1. The fourth-order valence-corrected chi connectivity index (χ4v) is 3.71. The normalized spacial score (nSPS) is 22.0. The summed E-state index contributed by atoms with van der Waals surface area (Å²) in [7, 11) is 0. The van der Waals surface area contributed by atoms with Crippen LogP contribution >= 0.6 is 11.3 Å². The van der Waals surface area contributed by atoms with Gasteiger partial charge in [-0.05, 0) is 37.9 Å². The molecule has 1 aliphatic heterocycles. The minimum Gasteiger partial charge on any atom is -0.467 e. The molecular formula is C16H22N2O2S. The van der Waals surface area contributed by atoms with E-state index in [1.165, 1.54) is 19.3 Å². The van der Waals surface area contributed by atoms with E-state index in [9.17, 15) is 5.11 Å². The molecule has 3 rings (SSSR count). The van der Waals surface area contributed by atoms with Crippen LogP contribution in [-0.4, -0.2) is 27.6 Å². The minimum atomic E-state index is -0.512. The summed E-state index contributed by atoms with van der Waals surface area (Å²) in [5, 5.41) is 13.6. The van der Waals surface area contributed by atoms with Crippen molar-refractivity contribution in [1.29, 1.82) is 0 Å². The summed E-state index contributed by atoms with van der Waals surface area (Å²) in [6.07, 6.45) is 8.61. The highest BCUT2D eigenvalue weighted by Gasteiger charge is 2.25. The number of aromatic nitrogens is 1. The van der Waals surface area contributed by atoms with Gasteiger partial charge < -0.3 is 9.52 Å². The molecule has 2 unspecified atom stereocenters. The molecule has 2 aromatic rings. The zero-order valence-electron chi connectivity index (χ0n) is 12.1. The Balaban J connectivity index is 1.66. The van der Waals surface area contributed by atoms with E-state index >= 15 is 0 Å². The number of hydrogen-bond donors (Lipinski definition) is 1. The van der Waals surface area contributed by atoms with Gasteiger partial charge >= 0.3 is 0 Å². The van der Waals surface area contributed by atoms with Gasteiger partial charge in [-0.15, -0.1) is 11.3 Å². The van der Waals surface area contributed by atoms with E-state index in [2.05, 4.69) is 9.88 Å². The van der Waals surface area contributed by atoms with Gasteiger partial charge in [-0.1, -0.05) is 12.8 Å². The molecule has 0 amide bonds. The summed E-state index contributed by atoms with van der Waals surface area (Å²) in [5.41, 5.74) is 0. The first-order valence-electron chi connectivity index (χ1n) is 7.67. The molecule has 5 heteroatoms. The third kappa shape index (κ3) is 3.93. The van der Waals surface area contributed by atoms with Gasteiger partial charge in [-0.25, -0.2) is 4.98 Å².